The van der Waals surface area contributed by atoms with Gasteiger partial charge in [0.15, 0.2) is 11.6 Å². The van der Waals surface area contributed by atoms with E-state index in [9.17, 15) is 4.39 Å². The van der Waals surface area contributed by atoms with Crippen LogP contribution < -0.4 is 4.74 Å². The van der Waals surface area contributed by atoms with Gasteiger partial charge in [0, 0.05) is 0 Å². The van der Waals surface area contributed by atoms with E-state index in [1.165, 1.54) is 19.3 Å². The van der Waals surface area contributed by atoms with Crippen LogP contribution in [0.15, 0.2) is 24.3 Å². The Balaban J connectivity index is 1.78. The van der Waals surface area contributed by atoms with E-state index < -0.39 is 0 Å². The first kappa shape index (κ1) is 20.8. The van der Waals surface area contributed by atoms with Crippen LogP contribution in [0.5, 0.6) is 5.75 Å². The molecule has 28 heavy (non-hydrogen) atoms. The molecular weight excluding hydrogens is 354 g/mol. The third-order valence-corrected chi connectivity index (χ3v) is 5.75. The number of halogens is 2. The fraction of sp³-hybridized carbons (Fsp3) is 0.520. The van der Waals surface area contributed by atoms with Crippen LogP contribution in [-0.2, 0) is 19.3 Å². The molecule has 0 spiro atoms. The van der Waals surface area contributed by atoms with Crippen molar-refractivity contribution in [1.29, 1.82) is 0 Å². The summed E-state index contributed by atoms with van der Waals surface area (Å²) in [7, 11) is 0. The quantitative estimate of drug-likeness (QED) is 0.386. The van der Waals surface area contributed by atoms with Crippen molar-refractivity contribution >= 4 is 0 Å². The van der Waals surface area contributed by atoms with Gasteiger partial charge in [0.05, 0.1) is 6.61 Å². The fourth-order valence-corrected chi connectivity index (χ4v) is 4.06. The van der Waals surface area contributed by atoms with E-state index in [1.807, 2.05) is 18.2 Å². The van der Waals surface area contributed by atoms with Crippen molar-refractivity contribution in [2.24, 2.45) is 0 Å². The van der Waals surface area contributed by atoms with Crippen LogP contribution in [0.4, 0.5) is 8.78 Å². The molecule has 0 heterocycles. The Hall–Kier alpha value is -1.90. The molecular formula is C25H32F2O. The lowest BCUT2D eigenvalue weighted by molar-refractivity contribution is 0.293. The zero-order chi connectivity index (χ0) is 19.9. The van der Waals surface area contributed by atoms with Gasteiger partial charge in [-0.25, -0.2) is 8.78 Å². The highest BCUT2D eigenvalue weighted by molar-refractivity contribution is 5.74. The molecule has 3 heteroatoms. The summed E-state index contributed by atoms with van der Waals surface area (Å²) in [6.45, 7) is 4.81. The second kappa shape index (κ2) is 10.0. The molecule has 2 aromatic carbocycles. The maximum atomic E-state index is 15.1. The fourth-order valence-electron chi connectivity index (χ4n) is 4.06. The van der Waals surface area contributed by atoms with Crippen LogP contribution >= 0.6 is 0 Å². The number of rotatable bonds is 10. The zero-order valence-electron chi connectivity index (χ0n) is 17.3. The summed E-state index contributed by atoms with van der Waals surface area (Å²) >= 11 is 0. The Morgan fingerprint density at radius 2 is 1.39 bits per heavy atom. The number of hydrogen-bond acceptors (Lipinski definition) is 1. The normalized spacial score (nSPS) is 12.6. The highest BCUT2D eigenvalue weighted by Crippen LogP contribution is 2.39. The largest absolute Gasteiger partial charge is 0.491 e. The number of hydrogen-bond donors (Lipinski definition) is 0. The summed E-state index contributed by atoms with van der Waals surface area (Å²) in [5, 5.41) is 0. The maximum Gasteiger partial charge on any atom is 0.168 e. The molecule has 0 atom stereocenters. The van der Waals surface area contributed by atoms with Crippen LogP contribution in [0.25, 0.3) is 11.1 Å². The molecule has 0 aliphatic heterocycles. The summed E-state index contributed by atoms with van der Waals surface area (Å²) in [4.78, 5) is 0. The van der Waals surface area contributed by atoms with Crippen molar-refractivity contribution in [2.75, 3.05) is 6.61 Å². The van der Waals surface area contributed by atoms with Crippen molar-refractivity contribution in [1.82, 2.24) is 0 Å². The van der Waals surface area contributed by atoms with Crippen molar-refractivity contribution < 1.29 is 13.5 Å². The third-order valence-electron chi connectivity index (χ3n) is 5.75. The molecule has 0 bridgehead atoms. The van der Waals surface area contributed by atoms with Crippen LogP contribution in [0.1, 0.15) is 75.5 Å². The van der Waals surface area contributed by atoms with Crippen molar-refractivity contribution in [3.8, 4) is 16.9 Å². The van der Waals surface area contributed by atoms with E-state index in [1.54, 1.807) is 6.07 Å². The summed E-state index contributed by atoms with van der Waals surface area (Å²) in [6.07, 6.45) is 9.65. The van der Waals surface area contributed by atoms with E-state index in [0.29, 0.717) is 30.8 Å². The average Bonchev–Trinajstić information content (AvgIpc) is 2.71. The minimum Gasteiger partial charge on any atom is -0.491 e. The number of ether oxygens (including phenoxy) is 1. The molecule has 1 aliphatic carbocycles. The SMILES string of the molecule is CCCCCCCc1ccc2c(c1F)CCc1c-2ccc(OCCCC)c1F. The summed E-state index contributed by atoms with van der Waals surface area (Å²) in [6, 6.07) is 7.46. The van der Waals surface area contributed by atoms with Crippen LogP contribution in [0.2, 0.25) is 0 Å². The highest BCUT2D eigenvalue weighted by Gasteiger charge is 2.25. The van der Waals surface area contributed by atoms with Gasteiger partial charge < -0.3 is 4.74 Å². The molecule has 0 N–H and O–H groups in total. The lowest BCUT2D eigenvalue weighted by Crippen LogP contribution is -2.11. The minimum atomic E-state index is -0.278. The van der Waals surface area contributed by atoms with Gasteiger partial charge in [0.25, 0.3) is 0 Å². The summed E-state index contributed by atoms with van der Waals surface area (Å²) in [5.41, 5.74) is 3.87. The van der Waals surface area contributed by atoms with Gasteiger partial charge in [-0.1, -0.05) is 64.2 Å². The molecule has 0 saturated heterocycles. The molecule has 3 rings (SSSR count). The molecule has 0 aromatic heterocycles. The maximum absolute atomic E-state index is 15.1. The smallest absolute Gasteiger partial charge is 0.168 e. The van der Waals surface area contributed by atoms with Gasteiger partial charge >= 0.3 is 0 Å². The first-order valence-corrected chi connectivity index (χ1v) is 10.9. The van der Waals surface area contributed by atoms with Crippen LogP contribution in [-0.4, -0.2) is 6.61 Å². The Bertz CT molecular complexity index is 798. The van der Waals surface area contributed by atoms with E-state index in [4.69, 9.17) is 4.74 Å². The van der Waals surface area contributed by atoms with Crippen molar-refractivity contribution in [3.05, 3.63) is 52.6 Å². The lowest BCUT2D eigenvalue weighted by atomic mass is 9.83. The molecule has 0 saturated carbocycles. The predicted molar refractivity (Wildman–Crippen MR) is 112 cm³/mol. The Morgan fingerprint density at radius 1 is 0.750 bits per heavy atom. The summed E-state index contributed by atoms with van der Waals surface area (Å²) in [5.74, 6) is -0.0400. The molecule has 152 valence electrons. The van der Waals surface area contributed by atoms with Gasteiger partial charge in [0.1, 0.15) is 5.82 Å². The molecule has 0 fully saturated rings. The van der Waals surface area contributed by atoms with Gasteiger partial charge in [-0.3, -0.25) is 0 Å². The third kappa shape index (κ3) is 4.56. The molecule has 1 nitrogen and oxygen atoms in total. The Kier molecular flexibility index (Phi) is 7.47. The lowest BCUT2D eigenvalue weighted by Gasteiger charge is -2.23. The Morgan fingerprint density at radius 3 is 2.11 bits per heavy atom. The van der Waals surface area contributed by atoms with Gasteiger partial charge in [0.2, 0.25) is 0 Å². The first-order chi connectivity index (χ1) is 13.7. The van der Waals surface area contributed by atoms with Crippen LogP contribution in [0, 0.1) is 11.6 Å². The minimum absolute atomic E-state index is 0.0812. The van der Waals surface area contributed by atoms with E-state index in [-0.39, 0.29) is 11.6 Å². The molecule has 0 unspecified atom stereocenters. The zero-order valence-corrected chi connectivity index (χ0v) is 17.3. The Labute approximate surface area is 168 Å². The molecule has 0 amide bonds. The standard InChI is InChI=1S/C25H32F2O/c1-3-5-7-8-9-10-18-11-12-19-20-15-16-23(28-17-6-4-2)25(27)22(20)14-13-21(19)24(18)26/h11-12,15-16H,3-10,13-14,17H2,1-2H3. The highest BCUT2D eigenvalue weighted by atomic mass is 19.1. The van der Waals surface area contributed by atoms with Gasteiger partial charge in [-0.05, 0) is 66.0 Å². The molecule has 0 radical (unpaired) electrons. The molecule has 2 aromatic rings. The monoisotopic (exact) mass is 386 g/mol. The predicted octanol–water partition coefficient (Wildman–Crippen LogP) is 7.42. The van der Waals surface area contributed by atoms with E-state index in [2.05, 4.69) is 13.8 Å². The van der Waals surface area contributed by atoms with E-state index >= 15 is 4.39 Å². The van der Waals surface area contributed by atoms with E-state index in [0.717, 1.165) is 54.4 Å². The first-order valence-electron chi connectivity index (χ1n) is 10.9. The molecule has 1 aliphatic rings. The van der Waals surface area contributed by atoms with Crippen molar-refractivity contribution in [3.63, 3.8) is 0 Å². The van der Waals surface area contributed by atoms with Crippen molar-refractivity contribution in [2.45, 2.75) is 78.1 Å². The second-order valence-electron chi connectivity index (χ2n) is 7.83. The second-order valence-corrected chi connectivity index (χ2v) is 7.83. The van der Waals surface area contributed by atoms with Gasteiger partial charge in [-0.15, -0.1) is 0 Å². The number of fused-ring (bicyclic) bond motifs is 3. The van der Waals surface area contributed by atoms with Crippen LogP contribution in [0.3, 0.4) is 0 Å². The topological polar surface area (TPSA) is 9.23 Å². The average molecular weight is 387 g/mol. The van der Waals surface area contributed by atoms with Gasteiger partial charge in [-0.2, -0.15) is 0 Å². The summed E-state index contributed by atoms with van der Waals surface area (Å²) < 4.78 is 35.6. The number of aryl methyl sites for hydroxylation is 1. The number of unbranched alkanes of at least 4 members (excludes halogenated alkanes) is 5. The number of benzene rings is 2.